The van der Waals surface area contributed by atoms with Gasteiger partial charge in [-0.2, -0.15) is 5.10 Å². The number of nitrogens with one attached hydrogen (secondary N) is 2. The van der Waals surface area contributed by atoms with E-state index in [2.05, 4.69) is 20.7 Å². The van der Waals surface area contributed by atoms with Crippen molar-refractivity contribution in [2.24, 2.45) is 0 Å². The third-order valence-electron chi connectivity index (χ3n) is 5.62. The quantitative estimate of drug-likeness (QED) is 0.603. The average Bonchev–Trinajstić information content (AvgIpc) is 3.21. The maximum absolute atomic E-state index is 14.0. The summed E-state index contributed by atoms with van der Waals surface area (Å²) >= 11 is 0. The highest BCUT2D eigenvalue weighted by Crippen LogP contribution is 2.31. The van der Waals surface area contributed by atoms with E-state index >= 15 is 0 Å². The zero-order valence-corrected chi connectivity index (χ0v) is 17.8. The zero-order chi connectivity index (χ0) is 21.8. The van der Waals surface area contributed by atoms with Crippen LogP contribution in [0, 0.1) is 5.82 Å². The first-order chi connectivity index (χ1) is 15.1. The van der Waals surface area contributed by atoms with E-state index in [1.807, 2.05) is 24.7 Å². The van der Waals surface area contributed by atoms with Gasteiger partial charge in [-0.1, -0.05) is 6.92 Å². The molecule has 0 aromatic carbocycles. The minimum atomic E-state index is -0.644. The van der Waals surface area contributed by atoms with Crippen molar-refractivity contribution in [3.63, 3.8) is 0 Å². The third-order valence-corrected chi connectivity index (χ3v) is 5.62. The Morgan fingerprint density at radius 2 is 2.10 bits per heavy atom. The molecular weight excluding hydrogens is 399 g/mol. The van der Waals surface area contributed by atoms with E-state index in [4.69, 9.17) is 9.72 Å². The number of rotatable bonds is 7. The van der Waals surface area contributed by atoms with E-state index < -0.39 is 11.7 Å². The van der Waals surface area contributed by atoms with Crippen LogP contribution in [0.5, 0.6) is 0 Å². The molecule has 1 aliphatic rings. The highest BCUT2D eigenvalue weighted by Gasteiger charge is 2.22. The van der Waals surface area contributed by atoms with Crippen LogP contribution < -0.4 is 10.6 Å². The number of hydrogen-bond donors (Lipinski definition) is 2. The fourth-order valence-corrected chi connectivity index (χ4v) is 3.92. The number of aryl methyl sites for hydroxylation is 2. The van der Waals surface area contributed by atoms with Gasteiger partial charge < -0.3 is 15.4 Å². The van der Waals surface area contributed by atoms with Crippen molar-refractivity contribution in [1.82, 2.24) is 25.1 Å². The Labute approximate surface area is 180 Å². The van der Waals surface area contributed by atoms with Crippen molar-refractivity contribution >= 4 is 22.6 Å². The Morgan fingerprint density at radius 3 is 2.81 bits per heavy atom. The van der Waals surface area contributed by atoms with Crippen molar-refractivity contribution in [3.05, 3.63) is 47.3 Å². The van der Waals surface area contributed by atoms with Gasteiger partial charge in [-0.15, -0.1) is 0 Å². The van der Waals surface area contributed by atoms with E-state index in [0.29, 0.717) is 26.2 Å². The van der Waals surface area contributed by atoms with E-state index in [9.17, 15) is 9.18 Å². The molecule has 9 heteroatoms. The Hall–Kier alpha value is -3.07. The number of halogens is 1. The maximum atomic E-state index is 14.0. The van der Waals surface area contributed by atoms with Gasteiger partial charge in [-0.3, -0.25) is 9.78 Å². The van der Waals surface area contributed by atoms with Crippen LogP contribution in [0.3, 0.4) is 0 Å². The molecular formula is C22H27FN6O2. The second kappa shape index (κ2) is 9.38. The summed E-state index contributed by atoms with van der Waals surface area (Å²) in [6.07, 6.45) is 6.77. The summed E-state index contributed by atoms with van der Waals surface area (Å²) in [4.78, 5) is 21.2. The van der Waals surface area contributed by atoms with Crippen LogP contribution in [0.1, 0.15) is 48.3 Å². The smallest absolute Gasteiger partial charge is 0.254 e. The van der Waals surface area contributed by atoms with Gasteiger partial charge in [0, 0.05) is 49.8 Å². The fourth-order valence-electron chi connectivity index (χ4n) is 3.92. The monoisotopic (exact) mass is 426 g/mol. The highest BCUT2D eigenvalue weighted by molar-refractivity contribution is 5.95. The maximum Gasteiger partial charge on any atom is 0.254 e. The highest BCUT2D eigenvalue weighted by atomic mass is 19.1. The molecule has 1 amide bonds. The lowest BCUT2D eigenvalue weighted by atomic mass is 10.0. The van der Waals surface area contributed by atoms with Crippen LogP contribution in [0.25, 0.3) is 11.0 Å². The van der Waals surface area contributed by atoms with Gasteiger partial charge in [0.15, 0.2) is 11.5 Å². The molecule has 0 unspecified atom stereocenters. The summed E-state index contributed by atoms with van der Waals surface area (Å²) in [7, 11) is 0. The van der Waals surface area contributed by atoms with Gasteiger partial charge in [-0.05, 0) is 32.3 Å². The predicted molar refractivity (Wildman–Crippen MR) is 115 cm³/mol. The number of carbonyl (C=O) groups is 1. The molecule has 2 N–H and O–H groups in total. The Bertz CT molecular complexity index is 1080. The molecule has 164 valence electrons. The van der Waals surface area contributed by atoms with Crippen LogP contribution in [0.4, 0.5) is 10.1 Å². The summed E-state index contributed by atoms with van der Waals surface area (Å²) in [6, 6.07) is 1.64. The van der Waals surface area contributed by atoms with Gasteiger partial charge in [0.1, 0.15) is 0 Å². The topological polar surface area (TPSA) is 94.0 Å². The standard InChI is InChI=1S/C22H27FN6O2/c1-3-19-16(11-25-22(30)15-5-8-24-13-18(15)23)20(27-14-6-9-31-10-7-14)17-12-26-29(4-2)21(17)28-19/h5,8,12-14H,3-4,6-7,9-11H2,1-2H3,(H,25,30)(H,27,28). The van der Waals surface area contributed by atoms with Crippen LogP contribution >= 0.6 is 0 Å². The largest absolute Gasteiger partial charge is 0.381 e. The van der Waals surface area contributed by atoms with Crippen LogP contribution in [-0.2, 0) is 24.2 Å². The molecule has 31 heavy (non-hydrogen) atoms. The second-order valence-corrected chi connectivity index (χ2v) is 7.53. The van der Waals surface area contributed by atoms with E-state index in [1.165, 1.54) is 12.3 Å². The van der Waals surface area contributed by atoms with Crippen LogP contribution in [-0.4, -0.2) is 44.9 Å². The predicted octanol–water partition coefficient (Wildman–Crippen LogP) is 3.07. The van der Waals surface area contributed by atoms with Gasteiger partial charge >= 0.3 is 0 Å². The summed E-state index contributed by atoms with van der Waals surface area (Å²) in [5.41, 5.74) is 3.51. The second-order valence-electron chi connectivity index (χ2n) is 7.53. The molecule has 1 saturated heterocycles. The molecule has 0 aliphatic carbocycles. The number of nitrogens with zero attached hydrogens (tertiary/aromatic N) is 4. The fraction of sp³-hybridized carbons (Fsp3) is 0.455. The summed E-state index contributed by atoms with van der Waals surface area (Å²) in [6.45, 7) is 6.45. The molecule has 0 atom stereocenters. The summed E-state index contributed by atoms with van der Waals surface area (Å²) < 4.78 is 21.3. The number of fused-ring (bicyclic) bond motifs is 1. The SMILES string of the molecule is CCc1nc2c(cnn2CC)c(NC2CCOCC2)c1CNC(=O)c1ccncc1F. The first-order valence-corrected chi connectivity index (χ1v) is 10.7. The molecule has 1 aliphatic heterocycles. The van der Waals surface area contributed by atoms with E-state index in [1.54, 1.807) is 0 Å². The van der Waals surface area contributed by atoms with Gasteiger partial charge in [0.25, 0.3) is 5.91 Å². The number of carbonyl (C=O) groups excluding carboxylic acids is 1. The molecule has 1 fully saturated rings. The number of pyridine rings is 2. The number of hydrogen-bond acceptors (Lipinski definition) is 6. The van der Waals surface area contributed by atoms with Crippen molar-refractivity contribution in [2.75, 3.05) is 18.5 Å². The van der Waals surface area contributed by atoms with Gasteiger partial charge in [-0.25, -0.2) is 14.1 Å². The number of aromatic nitrogens is 4. The van der Waals surface area contributed by atoms with Gasteiger partial charge in [0.2, 0.25) is 0 Å². The first-order valence-electron chi connectivity index (χ1n) is 10.7. The summed E-state index contributed by atoms with van der Waals surface area (Å²) in [5.74, 6) is -1.13. The molecule has 4 heterocycles. The minimum absolute atomic E-state index is 0.0279. The van der Waals surface area contributed by atoms with Crippen molar-refractivity contribution in [1.29, 1.82) is 0 Å². The lowest BCUT2D eigenvalue weighted by molar-refractivity contribution is 0.0904. The van der Waals surface area contributed by atoms with Crippen molar-refractivity contribution < 1.29 is 13.9 Å². The molecule has 0 radical (unpaired) electrons. The third kappa shape index (κ3) is 4.36. The normalized spacial score (nSPS) is 14.7. The molecule has 8 nitrogen and oxygen atoms in total. The van der Waals surface area contributed by atoms with E-state index in [-0.39, 0.29) is 18.2 Å². The molecule has 3 aromatic rings. The Balaban J connectivity index is 1.70. The van der Waals surface area contributed by atoms with E-state index in [0.717, 1.165) is 47.0 Å². The number of ether oxygens (including phenoxy) is 1. The van der Waals surface area contributed by atoms with Crippen LogP contribution in [0.2, 0.25) is 0 Å². The number of anilines is 1. The molecule has 0 spiro atoms. The van der Waals surface area contributed by atoms with Crippen LogP contribution in [0.15, 0.2) is 24.7 Å². The summed E-state index contributed by atoms with van der Waals surface area (Å²) in [5, 5.41) is 11.9. The van der Waals surface area contributed by atoms with Crippen molar-refractivity contribution in [2.45, 2.75) is 52.2 Å². The average molecular weight is 426 g/mol. The Kier molecular flexibility index (Phi) is 6.41. The first kappa shape index (κ1) is 21.2. The number of amides is 1. The lowest BCUT2D eigenvalue weighted by Gasteiger charge is -2.26. The van der Waals surface area contributed by atoms with Crippen molar-refractivity contribution in [3.8, 4) is 0 Å². The zero-order valence-electron chi connectivity index (χ0n) is 17.8. The molecule has 4 rings (SSSR count). The minimum Gasteiger partial charge on any atom is -0.381 e. The molecule has 0 bridgehead atoms. The Morgan fingerprint density at radius 1 is 1.29 bits per heavy atom. The molecule has 0 saturated carbocycles. The van der Waals surface area contributed by atoms with Gasteiger partial charge in [0.05, 0.1) is 29.0 Å². The molecule has 3 aromatic heterocycles. The lowest BCUT2D eigenvalue weighted by Crippen LogP contribution is -2.30.